The summed E-state index contributed by atoms with van der Waals surface area (Å²) < 4.78 is 10.3. The number of carbonyl (C=O) groups is 7. The summed E-state index contributed by atoms with van der Waals surface area (Å²) in [6.45, 7) is 6.85. The fraction of sp³-hybridized carbons (Fsp3) is 0.649. The van der Waals surface area contributed by atoms with Crippen molar-refractivity contribution in [2.45, 2.75) is 109 Å². The number of carbonyl (C=O) groups excluding carboxylic acids is 7. The van der Waals surface area contributed by atoms with E-state index >= 15 is 0 Å². The van der Waals surface area contributed by atoms with Crippen LogP contribution in [0.1, 0.15) is 72.8 Å². The molecule has 0 aliphatic carbocycles. The van der Waals surface area contributed by atoms with E-state index in [1.807, 2.05) is 30.3 Å². The fourth-order valence-electron chi connectivity index (χ4n) is 5.44. The number of hydrogen-bond acceptors (Lipinski definition) is 13. The van der Waals surface area contributed by atoms with Gasteiger partial charge in [0, 0.05) is 31.5 Å². The molecule has 1 aromatic carbocycles. The Kier molecular flexibility index (Phi) is 20.6. The summed E-state index contributed by atoms with van der Waals surface area (Å²) in [5.41, 5.74) is 12.0. The Hall–Kier alpha value is -4.45. The lowest BCUT2D eigenvalue weighted by molar-refractivity contribution is -0.157. The summed E-state index contributed by atoms with van der Waals surface area (Å²) in [7, 11) is 1.14. The lowest BCUT2D eigenvalue weighted by Gasteiger charge is -2.35. The first-order chi connectivity index (χ1) is 25.3. The molecule has 0 saturated carbocycles. The summed E-state index contributed by atoms with van der Waals surface area (Å²) in [5, 5.41) is 24.2. The third kappa shape index (κ3) is 15.1. The van der Waals surface area contributed by atoms with E-state index in [0.717, 1.165) is 26.4 Å². The van der Waals surface area contributed by atoms with Crippen LogP contribution in [0.2, 0.25) is 0 Å². The normalized spacial score (nSPS) is 15.2. The monoisotopic (exact) mass is 764 g/mol. The molecule has 1 aromatic rings. The van der Waals surface area contributed by atoms with Crippen molar-refractivity contribution in [2.75, 3.05) is 33.4 Å². The van der Waals surface area contributed by atoms with Gasteiger partial charge in [-0.05, 0) is 59.4 Å². The lowest BCUT2D eigenvalue weighted by atomic mass is 9.95. The summed E-state index contributed by atoms with van der Waals surface area (Å²) in [6.07, 6.45) is 3.13. The first-order valence-corrected chi connectivity index (χ1v) is 18.1. The van der Waals surface area contributed by atoms with Crippen molar-refractivity contribution in [1.29, 1.82) is 0 Å². The number of imide groups is 1. The molecule has 304 valence electrons. The number of nitrogens with two attached hydrogens (primary N) is 2. The van der Waals surface area contributed by atoms with E-state index in [4.69, 9.17) is 20.9 Å². The van der Waals surface area contributed by atoms with Gasteiger partial charge in [0.15, 0.2) is 0 Å². The summed E-state index contributed by atoms with van der Waals surface area (Å²) >= 11 is 0. The van der Waals surface area contributed by atoms with E-state index in [9.17, 15) is 43.8 Å². The number of aliphatic hydroxyl groups is 2. The summed E-state index contributed by atoms with van der Waals surface area (Å²) in [6, 6.07) is 2.96. The maximum atomic E-state index is 13.9. The molecule has 0 aromatic heterocycles. The minimum absolute atomic E-state index is 0.0578. The van der Waals surface area contributed by atoms with E-state index < -0.39 is 103 Å². The van der Waals surface area contributed by atoms with Crippen molar-refractivity contribution in [3.8, 4) is 0 Å². The largest absolute Gasteiger partial charge is 0.467 e. The number of amides is 5. The number of benzene rings is 1. The highest BCUT2D eigenvalue weighted by Gasteiger charge is 2.40. The van der Waals surface area contributed by atoms with Crippen LogP contribution in [0.5, 0.6) is 0 Å². The smallest absolute Gasteiger partial charge is 0.417 e. The van der Waals surface area contributed by atoms with Crippen LogP contribution >= 0.6 is 0 Å². The number of aliphatic hydroxyl groups excluding tert-OH is 2. The molecule has 0 bridgehead atoms. The molecule has 5 amide bonds. The Balaban J connectivity index is 3.17. The predicted octanol–water partition coefficient (Wildman–Crippen LogP) is 0.0232. The third-order valence-corrected chi connectivity index (χ3v) is 8.65. The molecule has 17 heteroatoms. The Bertz CT molecular complexity index is 1390. The van der Waals surface area contributed by atoms with E-state index in [2.05, 4.69) is 10.6 Å². The number of nitrogens with zero attached hydrogens (tertiary/aromatic N) is 2. The second kappa shape index (κ2) is 23.4. The third-order valence-electron chi connectivity index (χ3n) is 8.65. The molecular formula is C37H60N6O11. The average Bonchev–Trinajstić information content (AvgIpc) is 3.13. The maximum absolute atomic E-state index is 13.9. The van der Waals surface area contributed by atoms with Crippen LogP contribution in [0, 0.1) is 11.8 Å². The highest BCUT2D eigenvalue weighted by molar-refractivity contribution is 6.01. The Labute approximate surface area is 317 Å². The highest BCUT2D eigenvalue weighted by Crippen LogP contribution is 2.19. The zero-order chi connectivity index (χ0) is 41.2. The van der Waals surface area contributed by atoms with Gasteiger partial charge in [0.2, 0.25) is 17.7 Å². The van der Waals surface area contributed by atoms with Gasteiger partial charge in [-0.15, -0.1) is 0 Å². The molecule has 54 heavy (non-hydrogen) atoms. The Morgan fingerprint density at radius 2 is 1.50 bits per heavy atom. The fourth-order valence-corrected chi connectivity index (χ4v) is 5.44. The molecular weight excluding hydrogens is 704 g/mol. The second-order valence-corrected chi connectivity index (χ2v) is 14.2. The number of hydrogen-bond donors (Lipinski definition) is 6. The molecule has 2 unspecified atom stereocenters. The van der Waals surface area contributed by atoms with Gasteiger partial charge < -0.3 is 51.5 Å². The lowest BCUT2D eigenvalue weighted by Crippen LogP contribution is -2.60. The number of ether oxygens (including phenoxy) is 2. The van der Waals surface area contributed by atoms with Crippen LogP contribution in [0.15, 0.2) is 30.3 Å². The number of methoxy groups -OCH3 is 1. The molecule has 0 radical (unpaired) electrons. The summed E-state index contributed by atoms with van der Waals surface area (Å²) in [4.78, 5) is 92.6. The molecule has 7 atom stereocenters. The second-order valence-electron chi connectivity index (χ2n) is 14.2. The summed E-state index contributed by atoms with van der Waals surface area (Å²) in [5.74, 6) is -6.45. The SMILES string of the molecule is COC(=O)[C@H](C(C)C=O)N(CCCCCCc1ccccc1)C(=O)[C@@H](N)C(CO)CNC(=O)[C@H](C)N(C(=O)OC(C)(C)C)C(=O)[C@H](C)NC(=O)[C@@H](N)CO. The Morgan fingerprint density at radius 1 is 0.889 bits per heavy atom. The number of rotatable bonds is 22. The molecule has 0 aliphatic heterocycles. The molecule has 1 rings (SSSR count). The number of aldehydes is 1. The van der Waals surface area contributed by atoms with E-state index in [0.29, 0.717) is 24.0 Å². The van der Waals surface area contributed by atoms with Gasteiger partial charge in [0.25, 0.3) is 5.91 Å². The number of aryl methyl sites for hydroxylation is 1. The van der Waals surface area contributed by atoms with E-state index in [-0.39, 0.29) is 6.54 Å². The van der Waals surface area contributed by atoms with Crippen LogP contribution in [0.25, 0.3) is 0 Å². The minimum atomic E-state index is -1.53. The van der Waals surface area contributed by atoms with Crippen molar-refractivity contribution in [2.24, 2.45) is 23.3 Å². The van der Waals surface area contributed by atoms with Gasteiger partial charge in [-0.25, -0.2) is 14.5 Å². The molecule has 0 aliphatic rings. The standard InChI is InChI=1S/C37H60N6O11/c1-23(20-44)30(35(51)53-7)42(18-14-9-8-11-15-26-16-12-10-13-17-26)34(50)29(39)27(21-45)19-40-31(47)25(3)43(36(52)54-37(4,5)6)33(49)24(2)41-32(48)28(38)22-46/h10,12-13,16-17,20,23-25,27-30,45-46H,8-9,11,14-15,18-19,21-22,38-39H2,1-7H3,(H,40,47)(H,41,48)/t23?,24-,25-,27?,28-,29-,30-/m0/s1. The van der Waals surface area contributed by atoms with Crippen molar-refractivity contribution in [1.82, 2.24) is 20.4 Å². The zero-order valence-electron chi connectivity index (χ0n) is 32.5. The highest BCUT2D eigenvalue weighted by atomic mass is 16.6. The van der Waals surface area contributed by atoms with Crippen LogP contribution < -0.4 is 22.1 Å². The quantitative estimate of drug-likeness (QED) is 0.0518. The van der Waals surface area contributed by atoms with Crippen molar-refractivity contribution in [3.05, 3.63) is 35.9 Å². The number of nitrogens with one attached hydrogen (secondary N) is 2. The van der Waals surface area contributed by atoms with Gasteiger partial charge in [-0.1, -0.05) is 50.1 Å². The van der Waals surface area contributed by atoms with Crippen LogP contribution in [0.4, 0.5) is 4.79 Å². The number of unbranched alkanes of at least 4 members (excludes halogenated alkanes) is 3. The van der Waals surface area contributed by atoms with Crippen LogP contribution in [0.3, 0.4) is 0 Å². The topological polar surface area (TPSA) is 261 Å². The van der Waals surface area contributed by atoms with Crippen molar-refractivity contribution >= 4 is 42.0 Å². The van der Waals surface area contributed by atoms with Gasteiger partial charge in [-0.2, -0.15) is 0 Å². The Morgan fingerprint density at radius 3 is 2.04 bits per heavy atom. The molecule has 0 spiro atoms. The molecule has 17 nitrogen and oxygen atoms in total. The van der Waals surface area contributed by atoms with Gasteiger partial charge in [-0.3, -0.25) is 19.2 Å². The van der Waals surface area contributed by atoms with Gasteiger partial charge in [0.1, 0.15) is 36.1 Å². The first-order valence-electron chi connectivity index (χ1n) is 18.1. The number of esters is 1. The van der Waals surface area contributed by atoms with Crippen LogP contribution in [-0.2, 0) is 44.7 Å². The van der Waals surface area contributed by atoms with Crippen molar-refractivity contribution < 1.29 is 53.2 Å². The molecule has 8 N–H and O–H groups in total. The van der Waals surface area contributed by atoms with Gasteiger partial charge >= 0.3 is 12.1 Å². The first kappa shape index (κ1) is 47.6. The van der Waals surface area contributed by atoms with E-state index in [1.165, 1.54) is 31.2 Å². The predicted molar refractivity (Wildman–Crippen MR) is 198 cm³/mol. The molecule has 0 saturated heterocycles. The zero-order valence-corrected chi connectivity index (χ0v) is 32.5. The molecule has 0 fully saturated rings. The van der Waals surface area contributed by atoms with Crippen LogP contribution in [-0.4, -0.2) is 131 Å². The van der Waals surface area contributed by atoms with E-state index in [1.54, 1.807) is 20.8 Å². The molecule has 0 heterocycles. The maximum Gasteiger partial charge on any atom is 0.417 e. The van der Waals surface area contributed by atoms with Crippen molar-refractivity contribution in [3.63, 3.8) is 0 Å². The van der Waals surface area contributed by atoms with Gasteiger partial charge in [0.05, 0.1) is 19.8 Å². The minimum Gasteiger partial charge on any atom is -0.467 e. The average molecular weight is 765 g/mol.